The Hall–Kier alpha value is -1.17. The highest BCUT2D eigenvalue weighted by Gasteiger charge is 2.07. The molecule has 2 heterocycles. The first kappa shape index (κ1) is 12.8. The van der Waals surface area contributed by atoms with Crippen LogP contribution in [0.15, 0.2) is 41.0 Å². The molecule has 19 heavy (non-hydrogen) atoms. The van der Waals surface area contributed by atoms with Crippen molar-refractivity contribution in [3.8, 4) is 5.75 Å². The van der Waals surface area contributed by atoms with Gasteiger partial charge in [-0.3, -0.25) is 0 Å². The van der Waals surface area contributed by atoms with Crippen LogP contribution in [0.4, 0.5) is 0 Å². The number of nitrogens with zero attached hydrogens (tertiary/aromatic N) is 2. The standard InChI is InChI=1S/C13H8BrClN2OS/c14-8-3-4-11(9(15)6-8)18-7-12-17-10-2-1-5-16-13(10)19-12/h1-6H,7H2. The molecule has 0 aliphatic rings. The molecule has 3 rings (SSSR count). The van der Waals surface area contributed by atoms with Crippen LogP contribution in [-0.2, 0) is 6.61 Å². The normalized spacial score (nSPS) is 10.8. The summed E-state index contributed by atoms with van der Waals surface area (Å²) in [6, 6.07) is 9.34. The molecule has 6 heteroatoms. The van der Waals surface area contributed by atoms with Crippen LogP contribution in [0.1, 0.15) is 5.01 Å². The number of benzene rings is 1. The van der Waals surface area contributed by atoms with Crippen molar-refractivity contribution in [1.82, 2.24) is 9.97 Å². The second kappa shape index (κ2) is 5.45. The van der Waals surface area contributed by atoms with E-state index < -0.39 is 0 Å². The fraction of sp³-hybridized carbons (Fsp3) is 0.0769. The third-order valence-electron chi connectivity index (χ3n) is 2.46. The van der Waals surface area contributed by atoms with Gasteiger partial charge in [-0.25, -0.2) is 9.97 Å². The van der Waals surface area contributed by atoms with Crippen molar-refractivity contribution < 1.29 is 4.74 Å². The Morgan fingerprint density at radius 3 is 3.00 bits per heavy atom. The molecular formula is C13H8BrClN2OS. The summed E-state index contributed by atoms with van der Waals surface area (Å²) in [6.45, 7) is 0.391. The number of hydrogen-bond acceptors (Lipinski definition) is 4. The minimum Gasteiger partial charge on any atom is -0.485 e. The molecule has 3 nitrogen and oxygen atoms in total. The summed E-state index contributed by atoms with van der Waals surface area (Å²) in [7, 11) is 0. The number of hydrogen-bond donors (Lipinski definition) is 0. The maximum atomic E-state index is 6.09. The van der Waals surface area contributed by atoms with Gasteiger partial charge in [-0.05, 0) is 30.3 Å². The number of halogens is 2. The van der Waals surface area contributed by atoms with Gasteiger partial charge in [0, 0.05) is 10.7 Å². The lowest BCUT2D eigenvalue weighted by Gasteiger charge is -2.06. The van der Waals surface area contributed by atoms with E-state index in [0.717, 1.165) is 19.8 Å². The molecule has 0 amide bonds. The fourth-order valence-electron chi connectivity index (χ4n) is 1.61. The van der Waals surface area contributed by atoms with Gasteiger partial charge < -0.3 is 4.74 Å². The molecule has 0 N–H and O–H groups in total. The second-order valence-corrected chi connectivity index (χ2v) is 6.18. The predicted octanol–water partition coefficient (Wildman–Crippen LogP) is 4.69. The lowest BCUT2D eigenvalue weighted by Crippen LogP contribution is -1.95. The van der Waals surface area contributed by atoms with E-state index in [0.29, 0.717) is 17.4 Å². The number of thiazole rings is 1. The molecule has 0 aliphatic carbocycles. The first-order chi connectivity index (χ1) is 9.22. The highest BCUT2D eigenvalue weighted by Crippen LogP contribution is 2.29. The summed E-state index contributed by atoms with van der Waals surface area (Å²) in [4.78, 5) is 9.63. The van der Waals surface area contributed by atoms with Crippen LogP contribution in [0.5, 0.6) is 5.75 Å². The average molecular weight is 356 g/mol. The molecule has 0 fully saturated rings. The van der Waals surface area contributed by atoms with Crippen LogP contribution >= 0.6 is 38.9 Å². The predicted molar refractivity (Wildman–Crippen MR) is 80.9 cm³/mol. The lowest BCUT2D eigenvalue weighted by molar-refractivity contribution is 0.306. The number of aromatic nitrogens is 2. The maximum absolute atomic E-state index is 6.09. The van der Waals surface area contributed by atoms with Crippen molar-refractivity contribution in [3.05, 3.63) is 51.0 Å². The van der Waals surface area contributed by atoms with Crippen molar-refractivity contribution in [2.45, 2.75) is 6.61 Å². The molecule has 0 unspecified atom stereocenters. The van der Waals surface area contributed by atoms with E-state index >= 15 is 0 Å². The fourth-order valence-corrected chi connectivity index (χ4v) is 3.15. The molecule has 0 spiro atoms. The quantitative estimate of drug-likeness (QED) is 0.684. The zero-order chi connectivity index (χ0) is 13.2. The monoisotopic (exact) mass is 354 g/mol. The molecule has 0 bridgehead atoms. The van der Waals surface area contributed by atoms with Crippen LogP contribution in [0, 0.1) is 0 Å². The van der Waals surface area contributed by atoms with Gasteiger partial charge in [-0.1, -0.05) is 38.9 Å². The maximum Gasteiger partial charge on any atom is 0.143 e. The van der Waals surface area contributed by atoms with E-state index in [1.165, 1.54) is 11.3 Å². The molecular weight excluding hydrogens is 348 g/mol. The minimum atomic E-state index is 0.391. The molecule has 0 aliphatic heterocycles. The minimum absolute atomic E-state index is 0.391. The number of rotatable bonds is 3. The molecule has 2 aromatic heterocycles. The summed E-state index contributed by atoms with van der Waals surface area (Å²) < 4.78 is 6.60. The zero-order valence-corrected chi connectivity index (χ0v) is 12.8. The van der Waals surface area contributed by atoms with E-state index in [-0.39, 0.29) is 0 Å². The largest absolute Gasteiger partial charge is 0.485 e. The number of ether oxygens (including phenoxy) is 1. The Labute approximate surface area is 127 Å². The zero-order valence-electron chi connectivity index (χ0n) is 9.64. The van der Waals surface area contributed by atoms with Gasteiger partial charge >= 0.3 is 0 Å². The summed E-state index contributed by atoms with van der Waals surface area (Å²) >= 11 is 11.0. The Morgan fingerprint density at radius 1 is 1.32 bits per heavy atom. The Kier molecular flexibility index (Phi) is 3.68. The van der Waals surface area contributed by atoms with E-state index in [9.17, 15) is 0 Å². The topological polar surface area (TPSA) is 35.0 Å². The highest BCUT2D eigenvalue weighted by molar-refractivity contribution is 9.10. The summed E-state index contributed by atoms with van der Waals surface area (Å²) in [5, 5.41) is 1.46. The van der Waals surface area contributed by atoms with Crippen molar-refractivity contribution >= 4 is 49.2 Å². The van der Waals surface area contributed by atoms with Crippen molar-refractivity contribution in [3.63, 3.8) is 0 Å². The Morgan fingerprint density at radius 2 is 2.21 bits per heavy atom. The van der Waals surface area contributed by atoms with Gasteiger partial charge in [0.15, 0.2) is 0 Å². The Bertz CT molecular complexity index is 698. The smallest absolute Gasteiger partial charge is 0.143 e. The second-order valence-electron chi connectivity index (χ2n) is 3.80. The highest BCUT2D eigenvalue weighted by atomic mass is 79.9. The van der Waals surface area contributed by atoms with Crippen molar-refractivity contribution in [2.75, 3.05) is 0 Å². The molecule has 0 saturated carbocycles. The molecule has 3 aromatic rings. The first-order valence-corrected chi connectivity index (χ1v) is 7.49. The van der Waals surface area contributed by atoms with Crippen LogP contribution in [0.3, 0.4) is 0 Å². The average Bonchev–Trinajstić information content (AvgIpc) is 2.80. The molecule has 0 atom stereocenters. The van der Waals surface area contributed by atoms with Crippen LogP contribution in [0.25, 0.3) is 10.3 Å². The molecule has 0 saturated heterocycles. The van der Waals surface area contributed by atoms with Gasteiger partial charge in [0.2, 0.25) is 0 Å². The first-order valence-electron chi connectivity index (χ1n) is 5.50. The van der Waals surface area contributed by atoms with Crippen LogP contribution in [-0.4, -0.2) is 9.97 Å². The summed E-state index contributed by atoms with van der Waals surface area (Å²) in [5.41, 5.74) is 0.896. The van der Waals surface area contributed by atoms with Crippen LogP contribution in [0.2, 0.25) is 5.02 Å². The third kappa shape index (κ3) is 2.88. The van der Waals surface area contributed by atoms with Gasteiger partial charge in [-0.15, -0.1) is 0 Å². The molecule has 0 radical (unpaired) electrons. The number of pyridine rings is 1. The van der Waals surface area contributed by atoms with E-state index in [1.807, 2.05) is 24.3 Å². The van der Waals surface area contributed by atoms with Gasteiger partial charge in [-0.2, -0.15) is 0 Å². The molecule has 96 valence electrons. The van der Waals surface area contributed by atoms with Crippen molar-refractivity contribution in [1.29, 1.82) is 0 Å². The number of fused-ring (bicyclic) bond motifs is 1. The Balaban J connectivity index is 1.78. The van der Waals surface area contributed by atoms with Gasteiger partial charge in [0.05, 0.1) is 5.02 Å². The lowest BCUT2D eigenvalue weighted by atomic mass is 10.3. The summed E-state index contributed by atoms with van der Waals surface area (Å²) in [6.07, 6.45) is 1.76. The van der Waals surface area contributed by atoms with Gasteiger partial charge in [0.25, 0.3) is 0 Å². The van der Waals surface area contributed by atoms with E-state index in [1.54, 1.807) is 12.3 Å². The van der Waals surface area contributed by atoms with Crippen LogP contribution < -0.4 is 4.74 Å². The van der Waals surface area contributed by atoms with Gasteiger partial charge in [0.1, 0.15) is 27.7 Å². The third-order valence-corrected chi connectivity index (χ3v) is 4.20. The van der Waals surface area contributed by atoms with E-state index in [4.69, 9.17) is 16.3 Å². The molecule has 1 aromatic carbocycles. The SMILES string of the molecule is Clc1cc(Br)ccc1OCc1nc2cccnc2s1. The van der Waals surface area contributed by atoms with E-state index in [2.05, 4.69) is 25.9 Å². The van der Waals surface area contributed by atoms with Crippen molar-refractivity contribution in [2.24, 2.45) is 0 Å². The summed E-state index contributed by atoms with van der Waals surface area (Å²) in [5.74, 6) is 0.650.